The number of nitrogen functional groups attached to an aromatic ring is 1. The zero-order valence-electron chi connectivity index (χ0n) is 10.6. The van der Waals surface area contributed by atoms with Gasteiger partial charge in [-0.1, -0.05) is 0 Å². The quantitative estimate of drug-likeness (QED) is 0.830. The molecule has 0 spiro atoms. The van der Waals surface area contributed by atoms with Crippen LogP contribution in [0.3, 0.4) is 0 Å². The number of nitrogens with zero attached hydrogens (tertiary/aromatic N) is 4. The number of hydrogen-bond acceptors (Lipinski definition) is 5. The second-order valence-electron chi connectivity index (χ2n) is 4.93. The van der Waals surface area contributed by atoms with Crippen molar-refractivity contribution < 1.29 is 0 Å². The van der Waals surface area contributed by atoms with Gasteiger partial charge in [0.05, 0.1) is 18.1 Å². The van der Waals surface area contributed by atoms with Gasteiger partial charge in [-0.2, -0.15) is 0 Å². The zero-order valence-corrected chi connectivity index (χ0v) is 10.6. The number of hydrogen-bond donors (Lipinski definition) is 1. The lowest BCUT2D eigenvalue weighted by atomic mass is 10.0. The Balaban J connectivity index is 1.92. The molecule has 1 atom stereocenters. The molecule has 1 aromatic rings. The highest BCUT2D eigenvalue weighted by molar-refractivity contribution is 5.22. The van der Waals surface area contributed by atoms with E-state index in [1.807, 2.05) is 0 Å². The molecule has 1 aliphatic rings. The van der Waals surface area contributed by atoms with E-state index in [1.54, 1.807) is 12.4 Å². The van der Waals surface area contributed by atoms with E-state index in [4.69, 9.17) is 5.73 Å². The molecule has 1 aromatic heterocycles. The fourth-order valence-electron chi connectivity index (χ4n) is 2.27. The van der Waals surface area contributed by atoms with Crippen LogP contribution in [0.1, 0.15) is 18.5 Å². The van der Waals surface area contributed by atoms with Crippen LogP contribution >= 0.6 is 0 Å². The van der Waals surface area contributed by atoms with Crippen molar-refractivity contribution in [3.8, 4) is 0 Å². The molecule has 1 saturated heterocycles. The van der Waals surface area contributed by atoms with Crippen LogP contribution in [-0.4, -0.2) is 53.0 Å². The summed E-state index contributed by atoms with van der Waals surface area (Å²) in [6.45, 7) is 3.13. The van der Waals surface area contributed by atoms with Gasteiger partial charge in [0.2, 0.25) is 0 Å². The Kier molecular flexibility index (Phi) is 3.91. The van der Waals surface area contributed by atoms with E-state index < -0.39 is 0 Å². The molecule has 2 N–H and O–H groups in total. The van der Waals surface area contributed by atoms with Crippen LogP contribution in [0.4, 0.5) is 5.82 Å². The van der Waals surface area contributed by atoms with Gasteiger partial charge in [-0.15, -0.1) is 0 Å². The molecule has 1 fully saturated rings. The Labute approximate surface area is 103 Å². The maximum atomic E-state index is 5.53. The van der Waals surface area contributed by atoms with Crippen LogP contribution in [0, 0.1) is 0 Å². The van der Waals surface area contributed by atoms with Gasteiger partial charge in [0, 0.05) is 19.1 Å². The molecule has 17 heavy (non-hydrogen) atoms. The number of nitrogens with two attached hydrogens (primary N) is 1. The SMILES string of the molecule is CN(C)C1CCCN(Cc2cnc(N)cn2)C1. The van der Waals surface area contributed by atoms with E-state index in [2.05, 4.69) is 33.9 Å². The Hall–Kier alpha value is -1.20. The molecule has 1 unspecified atom stereocenters. The van der Waals surface area contributed by atoms with Crippen molar-refractivity contribution in [2.45, 2.75) is 25.4 Å². The van der Waals surface area contributed by atoms with Crippen molar-refractivity contribution in [1.82, 2.24) is 19.8 Å². The molecule has 0 aromatic carbocycles. The van der Waals surface area contributed by atoms with Crippen molar-refractivity contribution in [3.05, 3.63) is 18.1 Å². The van der Waals surface area contributed by atoms with Crippen molar-refractivity contribution in [3.63, 3.8) is 0 Å². The van der Waals surface area contributed by atoms with Crippen LogP contribution in [0.25, 0.3) is 0 Å². The zero-order chi connectivity index (χ0) is 12.3. The first-order valence-electron chi connectivity index (χ1n) is 6.10. The lowest BCUT2D eigenvalue weighted by molar-refractivity contribution is 0.127. The summed E-state index contributed by atoms with van der Waals surface area (Å²) in [6, 6.07) is 0.658. The predicted octanol–water partition coefficient (Wildman–Crippen LogP) is 0.585. The molecule has 2 rings (SSSR count). The topological polar surface area (TPSA) is 58.3 Å². The fourth-order valence-corrected chi connectivity index (χ4v) is 2.27. The highest BCUT2D eigenvalue weighted by atomic mass is 15.2. The standard InChI is InChI=1S/C12H21N5/c1-16(2)11-4-3-5-17(9-11)8-10-6-15-12(13)7-14-10/h6-7,11H,3-5,8-9H2,1-2H3,(H2,13,15). The summed E-state index contributed by atoms with van der Waals surface area (Å²) in [4.78, 5) is 13.1. The lowest BCUT2D eigenvalue weighted by Gasteiger charge is -2.35. The van der Waals surface area contributed by atoms with Crippen LogP contribution in [0.15, 0.2) is 12.4 Å². The summed E-state index contributed by atoms with van der Waals surface area (Å²) in [6.07, 6.45) is 5.94. The van der Waals surface area contributed by atoms with Gasteiger partial charge in [-0.05, 0) is 33.5 Å². The Morgan fingerprint density at radius 1 is 1.41 bits per heavy atom. The van der Waals surface area contributed by atoms with Crippen LogP contribution in [-0.2, 0) is 6.54 Å². The largest absolute Gasteiger partial charge is 0.382 e. The van der Waals surface area contributed by atoms with E-state index in [-0.39, 0.29) is 0 Å². The van der Waals surface area contributed by atoms with Crippen LogP contribution in [0.2, 0.25) is 0 Å². The molecule has 5 heteroatoms. The van der Waals surface area contributed by atoms with Gasteiger partial charge in [-0.3, -0.25) is 9.88 Å². The molecule has 94 valence electrons. The average molecular weight is 235 g/mol. The van der Waals surface area contributed by atoms with Crippen molar-refractivity contribution in [2.75, 3.05) is 32.9 Å². The number of piperidine rings is 1. The Morgan fingerprint density at radius 2 is 2.24 bits per heavy atom. The third-order valence-electron chi connectivity index (χ3n) is 3.32. The van der Waals surface area contributed by atoms with Gasteiger partial charge in [-0.25, -0.2) is 4.98 Å². The summed E-state index contributed by atoms with van der Waals surface area (Å²) in [5.41, 5.74) is 6.53. The summed E-state index contributed by atoms with van der Waals surface area (Å²) >= 11 is 0. The minimum Gasteiger partial charge on any atom is -0.382 e. The van der Waals surface area contributed by atoms with Gasteiger partial charge in [0.25, 0.3) is 0 Å². The normalized spacial score (nSPS) is 21.9. The maximum absolute atomic E-state index is 5.53. The molecule has 0 aliphatic carbocycles. The highest BCUT2D eigenvalue weighted by Gasteiger charge is 2.21. The Morgan fingerprint density at radius 3 is 2.88 bits per heavy atom. The van der Waals surface area contributed by atoms with Crippen molar-refractivity contribution in [1.29, 1.82) is 0 Å². The first kappa shape index (κ1) is 12.3. The molecule has 0 saturated carbocycles. The van der Waals surface area contributed by atoms with E-state index in [9.17, 15) is 0 Å². The molecule has 5 nitrogen and oxygen atoms in total. The number of likely N-dealkylation sites (N-methyl/N-ethyl adjacent to an activating group) is 1. The summed E-state index contributed by atoms with van der Waals surface area (Å²) in [5.74, 6) is 0.485. The third-order valence-corrected chi connectivity index (χ3v) is 3.32. The second-order valence-corrected chi connectivity index (χ2v) is 4.93. The summed E-state index contributed by atoms with van der Waals surface area (Å²) in [7, 11) is 4.30. The molecule has 0 radical (unpaired) electrons. The van der Waals surface area contributed by atoms with Crippen LogP contribution in [0.5, 0.6) is 0 Å². The summed E-state index contributed by atoms with van der Waals surface area (Å²) < 4.78 is 0. The number of anilines is 1. The highest BCUT2D eigenvalue weighted by Crippen LogP contribution is 2.15. The maximum Gasteiger partial charge on any atom is 0.141 e. The molecular formula is C12H21N5. The van der Waals surface area contributed by atoms with E-state index in [0.717, 1.165) is 25.3 Å². The van der Waals surface area contributed by atoms with Gasteiger partial charge >= 0.3 is 0 Å². The number of rotatable bonds is 3. The number of aromatic nitrogens is 2. The van der Waals surface area contributed by atoms with Gasteiger partial charge in [0.1, 0.15) is 5.82 Å². The fraction of sp³-hybridized carbons (Fsp3) is 0.667. The van der Waals surface area contributed by atoms with Crippen molar-refractivity contribution in [2.24, 2.45) is 0 Å². The number of likely N-dealkylation sites (tertiary alicyclic amines) is 1. The molecule has 0 amide bonds. The third kappa shape index (κ3) is 3.38. The Bertz CT molecular complexity index is 348. The first-order chi connectivity index (χ1) is 8.15. The first-order valence-corrected chi connectivity index (χ1v) is 6.10. The van der Waals surface area contributed by atoms with Gasteiger partial charge in [0.15, 0.2) is 0 Å². The van der Waals surface area contributed by atoms with E-state index in [1.165, 1.54) is 12.8 Å². The molecule has 1 aliphatic heterocycles. The van der Waals surface area contributed by atoms with Gasteiger partial charge < -0.3 is 10.6 Å². The molecular weight excluding hydrogens is 214 g/mol. The molecule has 2 heterocycles. The molecule has 0 bridgehead atoms. The smallest absolute Gasteiger partial charge is 0.141 e. The lowest BCUT2D eigenvalue weighted by Crippen LogP contribution is -2.44. The monoisotopic (exact) mass is 235 g/mol. The minimum atomic E-state index is 0.485. The van der Waals surface area contributed by atoms with Crippen molar-refractivity contribution >= 4 is 5.82 Å². The summed E-state index contributed by atoms with van der Waals surface area (Å²) in [5, 5.41) is 0. The average Bonchev–Trinajstić information content (AvgIpc) is 2.32. The van der Waals surface area contributed by atoms with E-state index >= 15 is 0 Å². The predicted molar refractivity (Wildman–Crippen MR) is 68.4 cm³/mol. The second kappa shape index (κ2) is 5.42. The van der Waals surface area contributed by atoms with Crippen LogP contribution < -0.4 is 5.73 Å². The minimum absolute atomic E-state index is 0.485. The van der Waals surface area contributed by atoms with E-state index in [0.29, 0.717) is 11.9 Å².